The van der Waals surface area contributed by atoms with Gasteiger partial charge in [0.2, 0.25) is 0 Å². The fraction of sp³-hybridized carbons (Fsp3) is 0.400. The van der Waals surface area contributed by atoms with Gasteiger partial charge >= 0.3 is 0 Å². The number of nitrogens with one attached hydrogen (secondary N) is 1. The maximum Gasteiger partial charge on any atom is 0.133 e. The van der Waals surface area contributed by atoms with Crippen molar-refractivity contribution < 1.29 is 0 Å². The van der Waals surface area contributed by atoms with E-state index in [0.29, 0.717) is 0 Å². The molecule has 0 radical (unpaired) electrons. The van der Waals surface area contributed by atoms with Crippen LogP contribution in [0.5, 0.6) is 0 Å². The zero-order valence-corrected chi connectivity index (χ0v) is 9.17. The van der Waals surface area contributed by atoms with Gasteiger partial charge in [-0.2, -0.15) is 0 Å². The fourth-order valence-electron chi connectivity index (χ4n) is 1.59. The molecule has 0 spiro atoms. The molecule has 0 saturated carbocycles. The topological polar surface area (TPSA) is 15.3 Å². The van der Waals surface area contributed by atoms with Crippen LogP contribution < -0.4 is 10.2 Å². The van der Waals surface area contributed by atoms with Gasteiger partial charge in [0.15, 0.2) is 0 Å². The summed E-state index contributed by atoms with van der Waals surface area (Å²) in [6, 6.07) is 10.1. The summed E-state index contributed by atoms with van der Waals surface area (Å²) in [7, 11) is 0. The van der Waals surface area contributed by atoms with Gasteiger partial charge < -0.3 is 4.90 Å². The zero-order chi connectivity index (χ0) is 9.97. The summed E-state index contributed by atoms with van der Waals surface area (Å²) >= 11 is 12.2. The van der Waals surface area contributed by atoms with Crippen molar-refractivity contribution in [3.63, 3.8) is 0 Å². The number of nitrogens with zero attached hydrogens (tertiary/aromatic N) is 1. The predicted molar refractivity (Wildman–Crippen MR) is 61.1 cm³/mol. The van der Waals surface area contributed by atoms with Crippen molar-refractivity contribution in [3.05, 3.63) is 30.3 Å². The number of hydrogen-bond donors (Lipinski definition) is 1. The maximum absolute atomic E-state index is 6.20. The third-order valence-electron chi connectivity index (χ3n) is 2.32. The Hall–Kier alpha value is -0.440. The molecule has 1 N–H and O–H groups in total. The third-order valence-corrected chi connectivity index (χ3v) is 3.33. The van der Waals surface area contributed by atoms with Gasteiger partial charge in [-0.05, 0) is 12.1 Å². The van der Waals surface area contributed by atoms with E-state index >= 15 is 0 Å². The van der Waals surface area contributed by atoms with Crippen molar-refractivity contribution in [2.45, 2.75) is 11.0 Å². The molecule has 2 nitrogen and oxygen atoms in total. The minimum absolute atomic E-state index is 0.187. The third kappa shape index (κ3) is 1.97. The van der Waals surface area contributed by atoms with E-state index in [4.69, 9.17) is 23.2 Å². The van der Waals surface area contributed by atoms with Crippen LogP contribution in [0.15, 0.2) is 30.3 Å². The number of hydrogen-bond acceptors (Lipinski definition) is 2. The minimum atomic E-state index is -0.189. The molecule has 1 heterocycles. The molecule has 2 atom stereocenters. The van der Waals surface area contributed by atoms with Crippen LogP contribution in [0.25, 0.3) is 0 Å². The van der Waals surface area contributed by atoms with Crippen LogP contribution in [0.4, 0.5) is 5.69 Å². The summed E-state index contributed by atoms with van der Waals surface area (Å²) in [5, 5.41) is 3.12. The molecule has 1 aliphatic heterocycles. The summed E-state index contributed by atoms with van der Waals surface area (Å²) in [6.45, 7) is 1.76. The van der Waals surface area contributed by atoms with Crippen LogP contribution in [0, 0.1) is 0 Å². The zero-order valence-electron chi connectivity index (χ0n) is 7.66. The first-order valence-electron chi connectivity index (χ1n) is 4.62. The second kappa shape index (κ2) is 4.39. The van der Waals surface area contributed by atoms with E-state index in [1.165, 1.54) is 0 Å². The lowest BCUT2D eigenvalue weighted by Crippen LogP contribution is -2.53. The number of halogens is 2. The van der Waals surface area contributed by atoms with Crippen LogP contribution >= 0.6 is 23.2 Å². The van der Waals surface area contributed by atoms with Crippen LogP contribution in [0.1, 0.15) is 0 Å². The molecule has 2 rings (SSSR count). The summed E-state index contributed by atoms with van der Waals surface area (Å²) in [6.07, 6.45) is 0. The van der Waals surface area contributed by atoms with E-state index in [0.717, 1.165) is 18.8 Å². The molecule has 2 unspecified atom stereocenters. The van der Waals surface area contributed by atoms with Gasteiger partial charge in [0, 0.05) is 18.8 Å². The molecule has 1 aromatic carbocycles. The predicted octanol–water partition coefficient (Wildman–Crippen LogP) is 2.23. The van der Waals surface area contributed by atoms with Gasteiger partial charge in [-0.25, -0.2) is 0 Å². The van der Waals surface area contributed by atoms with Crippen LogP contribution in [0.3, 0.4) is 0 Å². The van der Waals surface area contributed by atoms with Crippen molar-refractivity contribution in [2.24, 2.45) is 0 Å². The Balaban J connectivity index is 2.17. The summed E-state index contributed by atoms with van der Waals surface area (Å²) in [5.74, 6) is 0. The Morgan fingerprint density at radius 2 is 1.93 bits per heavy atom. The van der Waals surface area contributed by atoms with Crippen molar-refractivity contribution >= 4 is 28.9 Å². The first-order valence-corrected chi connectivity index (χ1v) is 5.49. The van der Waals surface area contributed by atoms with Gasteiger partial charge in [-0.3, -0.25) is 5.32 Å². The molecule has 0 aliphatic carbocycles. The highest BCUT2D eigenvalue weighted by molar-refractivity contribution is 6.30. The minimum Gasteiger partial charge on any atom is -0.352 e. The largest absolute Gasteiger partial charge is 0.352 e. The Bertz CT molecular complexity index is 291. The molecule has 1 aliphatic rings. The lowest BCUT2D eigenvalue weighted by atomic mass is 10.2. The molecule has 1 fully saturated rings. The van der Waals surface area contributed by atoms with Crippen molar-refractivity contribution in [3.8, 4) is 0 Å². The second-order valence-electron chi connectivity index (χ2n) is 3.26. The molecule has 0 aromatic heterocycles. The first-order chi connectivity index (χ1) is 6.79. The SMILES string of the molecule is ClC1NCCN(c2ccccc2)C1Cl. The smallest absolute Gasteiger partial charge is 0.133 e. The van der Waals surface area contributed by atoms with Gasteiger partial charge in [-0.15, -0.1) is 11.6 Å². The molecule has 4 heteroatoms. The number of benzene rings is 1. The Kier molecular flexibility index (Phi) is 3.16. The average Bonchev–Trinajstić information content (AvgIpc) is 2.23. The number of para-hydroxylation sites is 1. The monoisotopic (exact) mass is 230 g/mol. The van der Waals surface area contributed by atoms with Crippen LogP contribution in [-0.4, -0.2) is 24.1 Å². The molecular weight excluding hydrogens is 219 g/mol. The second-order valence-corrected chi connectivity index (χ2v) is 4.17. The van der Waals surface area contributed by atoms with E-state index in [1.54, 1.807) is 0 Å². The van der Waals surface area contributed by atoms with Crippen molar-refractivity contribution in [2.75, 3.05) is 18.0 Å². The van der Waals surface area contributed by atoms with E-state index < -0.39 is 0 Å². The normalized spacial score (nSPS) is 27.7. The Morgan fingerprint density at radius 3 is 2.64 bits per heavy atom. The van der Waals surface area contributed by atoms with Crippen molar-refractivity contribution in [1.29, 1.82) is 0 Å². The number of anilines is 1. The number of rotatable bonds is 1. The molecule has 1 aromatic rings. The van der Waals surface area contributed by atoms with E-state index in [1.807, 2.05) is 30.3 Å². The van der Waals surface area contributed by atoms with E-state index in [9.17, 15) is 0 Å². The highest BCUT2D eigenvalue weighted by Gasteiger charge is 2.27. The average molecular weight is 231 g/mol. The van der Waals surface area contributed by atoms with Gasteiger partial charge in [0.1, 0.15) is 11.0 Å². The summed E-state index contributed by atoms with van der Waals surface area (Å²) in [5.41, 5.74) is 0.748. The molecule has 1 saturated heterocycles. The van der Waals surface area contributed by atoms with Crippen LogP contribution in [0.2, 0.25) is 0 Å². The van der Waals surface area contributed by atoms with Gasteiger partial charge in [0.25, 0.3) is 0 Å². The highest BCUT2D eigenvalue weighted by Crippen LogP contribution is 2.23. The van der Waals surface area contributed by atoms with Gasteiger partial charge in [-0.1, -0.05) is 29.8 Å². The quantitative estimate of drug-likeness (QED) is 0.589. The summed E-state index contributed by atoms with van der Waals surface area (Å²) < 4.78 is 0. The number of alkyl halides is 2. The maximum atomic E-state index is 6.20. The van der Waals surface area contributed by atoms with Crippen LogP contribution in [-0.2, 0) is 0 Å². The van der Waals surface area contributed by atoms with Crippen molar-refractivity contribution in [1.82, 2.24) is 5.32 Å². The lowest BCUT2D eigenvalue weighted by Gasteiger charge is -2.37. The lowest BCUT2D eigenvalue weighted by molar-refractivity contribution is 0.522. The standard InChI is InChI=1S/C10H12Cl2N2/c11-9-10(12)14(7-6-13-9)8-4-2-1-3-5-8/h1-5,9-10,13H,6-7H2. The van der Waals surface area contributed by atoms with Gasteiger partial charge in [0.05, 0.1) is 0 Å². The molecule has 14 heavy (non-hydrogen) atoms. The number of piperazine rings is 1. The molecular formula is C10H12Cl2N2. The highest BCUT2D eigenvalue weighted by atomic mass is 35.5. The van der Waals surface area contributed by atoms with E-state index in [-0.39, 0.29) is 11.0 Å². The Labute approximate surface area is 93.8 Å². The molecule has 0 amide bonds. The first kappa shape index (κ1) is 10.1. The molecule has 76 valence electrons. The van der Waals surface area contributed by atoms with E-state index in [2.05, 4.69) is 10.2 Å². The summed E-state index contributed by atoms with van der Waals surface area (Å²) in [4.78, 5) is 2.11. The fourth-order valence-corrected chi connectivity index (χ4v) is 2.14. The molecule has 0 bridgehead atoms. The Morgan fingerprint density at radius 1 is 1.21 bits per heavy atom.